The van der Waals surface area contributed by atoms with E-state index in [0.717, 1.165) is 12.3 Å². The van der Waals surface area contributed by atoms with E-state index in [1.165, 1.54) is 0 Å². The third kappa shape index (κ3) is 4.38. The minimum absolute atomic E-state index is 0.0662. The molecular formula is C16H18F3N3O. The zero-order chi connectivity index (χ0) is 17.3. The first-order valence-corrected chi connectivity index (χ1v) is 7.22. The molecule has 0 bridgehead atoms. The molecular weight excluding hydrogens is 307 g/mol. The summed E-state index contributed by atoms with van der Waals surface area (Å²) in [5, 5.41) is 5.37. The number of nitrogens with zero attached hydrogens (tertiary/aromatic N) is 1. The van der Waals surface area contributed by atoms with Crippen LogP contribution in [0.2, 0.25) is 0 Å². The number of amides is 1. The van der Waals surface area contributed by atoms with Crippen molar-refractivity contribution in [1.82, 2.24) is 10.3 Å². The molecule has 1 atom stereocenters. The molecule has 124 valence electrons. The Morgan fingerprint density at radius 2 is 2.22 bits per heavy atom. The van der Waals surface area contributed by atoms with Crippen LogP contribution >= 0.6 is 0 Å². The number of rotatable bonds is 4. The third-order valence-electron chi connectivity index (χ3n) is 3.63. The van der Waals surface area contributed by atoms with Crippen molar-refractivity contribution in [1.29, 1.82) is 0 Å². The molecule has 1 fully saturated rings. The van der Waals surface area contributed by atoms with Crippen LogP contribution in [0, 0.1) is 18.2 Å². The van der Waals surface area contributed by atoms with Gasteiger partial charge >= 0.3 is 0 Å². The molecule has 1 aliphatic rings. The lowest BCUT2D eigenvalue weighted by molar-refractivity contribution is 0.00851. The van der Waals surface area contributed by atoms with Crippen LogP contribution in [0.3, 0.4) is 0 Å². The fraction of sp³-hybridized carbons (Fsp3) is 0.500. The van der Waals surface area contributed by atoms with Gasteiger partial charge in [-0.3, -0.25) is 4.79 Å². The van der Waals surface area contributed by atoms with E-state index < -0.39 is 29.2 Å². The van der Waals surface area contributed by atoms with Gasteiger partial charge in [-0.25, -0.2) is 18.2 Å². The lowest BCUT2D eigenvalue weighted by Gasteiger charge is -2.21. The molecule has 0 saturated heterocycles. The average Bonchev–Trinajstić information content (AvgIpc) is 2.79. The molecule has 1 unspecified atom stereocenters. The highest BCUT2D eigenvalue weighted by molar-refractivity contribution is 5.99. The smallest absolute Gasteiger partial charge is 0.256 e. The van der Waals surface area contributed by atoms with Crippen molar-refractivity contribution < 1.29 is 18.0 Å². The Kier molecular flexibility index (Phi) is 4.55. The Hall–Kier alpha value is -2.23. The topological polar surface area (TPSA) is 54.0 Å². The maximum absolute atomic E-state index is 13.4. The van der Waals surface area contributed by atoms with E-state index in [1.807, 2.05) is 0 Å². The molecule has 2 rings (SSSR count). The molecule has 1 aromatic rings. The van der Waals surface area contributed by atoms with E-state index >= 15 is 0 Å². The number of terminal acetylenes is 1. The van der Waals surface area contributed by atoms with E-state index in [2.05, 4.69) is 21.5 Å². The van der Waals surface area contributed by atoms with Crippen molar-refractivity contribution in [2.24, 2.45) is 0 Å². The average molecular weight is 325 g/mol. The minimum Gasteiger partial charge on any atom is -0.366 e. The van der Waals surface area contributed by atoms with Crippen LogP contribution in [0.15, 0.2) is 12.3 Å². The quantitative estimate of drug-likeness (QED) is 0.837. The molecule has 23 heavy (non-hydrogen) atoms. The van der Waals surface area contributed by atoms with Crippen molar-refractivity contribution >= 4 is 11.7 Å². The summed E-state index contributed by atoms with van der Waals surface area (Å²) in [4.78, 5) is 16.1. The molecule has 7 heteroatoms. The van der Waals surface area contributed by atoms with E-state index in [1.54, 1.807) is 13.8 Å². The van der Waals surface area contributed by atoms with Gasteiger partial charge < -0.3 is 10.6 Å². The van der Waals surface area contributed by atoms with Gasteiger partial charge in [-0.05, 0) is 26.3 Å². The monoisotopic (exact) mass is 325 g/mol. The first kappa shape index (κ1) is 17.1. The molecule has 2 N–H and O–H groups in total. The summed E-state index contributed by atoms with van der Waals surface area (Å²) in [6.07, 6.45) is 5.92. The maximum atomic E-state index is 13.4. The standard InChI is InChI=1S/C16H18F3N3O/c1-4-15(2,3)22-14(23)12-7-10(17)9-20-13(12)21-11-5-6-16(18,19)8-11/h1,7,9,11H,5-6,8H2,2-3H3,(H,20,21)(H,22,23). The predicted molar refractivity (Wildman–Crippen MR) is 80.8 cm³/mol. The minimum atomic E-state index is -2.73. The molecule has 1 saturated carbocycles. The highest BCUT2D eigenvalue weighted by atomic mass is 19.3. The number of hydrogen-bond acceptors (Lipinski definition) is 3. The van der Waals surface area contributed by atoms with Gasteiger partial charge in [0.15, 0.2) is 0 Å². The summed E-state index contributed by atoms with van der Waals surface area (Å²) in [5.41, 5.74) is -0.996. The first-order chi connectivity index (χ1) is 10.6. The third-order valence-corrected chi connectivity index (χ3v) is 3.63. The number of alkyl halides is 2. The van der Waals surface area contributed by atoms with Gasteiger partial charge in [0, 0.05) is 18.9 Å². The van der Waals surface area contributed by atoms with Gasteiger partial charge in [0.1, 0.15) is 11.6 Å². The number of aromatic nitrogens is 1. The van der Waals surface area contributed by atoms with Crippen LogP contribution in [0.1, 0.15) is 43.5 Å². The summed E-state index contributed by atoms with van der Waals surface area (Å²) in [7, 11) is 0. The van der Waals surface area contributed by atoms with E-state index in [-0.39, 0.29) is 30.6 Å². The van der Waals surface area contributed by atoms with Gasteiger partial charge in [0.2, 0.25) is 5.92 Å². The fourth-order valence-corrected chi connectivity index (χ4v) is 2.38. The molecule has 0 aliphatic heterocycles. The number of carbonyl (C=O) groups is 1. The number of hydrogen-bond donors (Lipinski definition) is 2. The highest BCUT2D eigenvalue weighted by Gasteiger charge is 2.39. The van der Waals surface area contributed by atoms with Crippen LogP contribution in [0.25, 0.3) is 0 Å². The SMILES string of the molecule is C#CC(C)(C)NC(=O)c1cc(F)cnc1NC1CCC(F)(F)C1. The van der Waals surface area contributed by atoms with Crippen molar-refractivity contribution in [2.75, 3.05) is 5.32 Å². The lowest BCUT2D eigenvalue weighted by atomic mass is 10.1. The van der Waals surface area contributed by atoms with Gasteiger partial charge in [-0.15, -0.1) is 6.42 Å². The van der Waals surface area contributed by atoms with Gasteiger partial charge in [-0.1, -0.05) is 5.92 Å². The predicted octanol–water partition coefficient (Wildman–Crippen LogP) is 2.96. The van der Waals surface area contributed by atoms with Crippen LogP contribution in [0.5, 0.6) is 0 Å². The van der Waals surface area contributed by atoms with Crippen LogP contribution in [-0.2, 0) is 0 Å². The zero-order valence-corrected chi connectivity index (χ0v) is 12.9. The maximum Gasteiger partial charge on any atom is 0.256 e. The molecule has 0 spiro atoms. The van der Waals surface area contributed by atoms with E-state index in [0.29, 0.717) is 0 Å². The Morgan fingerprint density at radius 1 is 1.52 bits per heavy atom. The second-order valence-electron chi connectivity index (χ2n) is 6.21. The lowest BCUT2D eigenvalue weighted by Crippen LogP contribution is -2.42. The summed E-state index contributed by atoms with van der Waals surface area (Å²) in [6, 6.07) is 0.486. The normalized spacial score (nSPS) is 19.9. The van der Waals surface area contributed by atoms with Gasteiger partial charge in [0.25, 0.3) is 5.91 Å². The van der Waals surface area contributed by atoms with Crippen molar-refractivity contribution in [2.45, 2.75) is 50.6 Å². The first-order valence-electron chi connectivity index (χ1n) is 7.22. The molecule has 1 heterocycles. The largest absolute Gasteiger partial charge is 0.366 e. The molecule has 1 aromatic heterocycles. The highest BCUT2D eigenvalue weighted by Crippen LogP contribution is 2.36. The number of anilines is 1. The van der Waals surface area contributed by atoms with Gasteiger partial charge in [0.05, 0.1) is 17.3 Å². The molecule has 1 amide bonds. The van der Waals surface area contributed by atoms with E-state index in [9.17, 15) is 18.0 Å². The molecule has 0 aromatic carbocycles. The second-order valence-corrected chi connectivity index (χ2v) is 6.21. The number of pyridine rings is 1. The summed E-state index contributed by atoms with van der Waals surface area (Å²) in [6.45, 7) is 3.23. The number of halogens is 3. The summed E-state index contributed by atoms with van der Waals surface area (Å²) in [5.74, 6) is -1.58. The Balaban J connectivity index is 2.21. The Bertz CT molecular complexity index is 652. The van der Waals surface area contributed by atoms with Crippen molar-refractivity contribution in [3.63, 3.8) is 0 Å². The number of nitrogens with one attached hydrogen (secondary N) is 2. The summed E-state index contributed by atoms with van der Waals surface area (Å²) < 4.78 is 40.0. The second kappa shape index (κ2) is 6.11. The van der Waals surface area contributed by atoms with Crippen molar-refractivity contribution in [3.05, 3.63) is 23.6 Å². The molecule has 4 nitrogen and oxygen atoms in total. The molecule has 0 radical (unpaired) electrons. The molecule has 1 aliphatic carbocycles. The van der Waals surface area contributed by atoms with Crippen LogP contribution < -0.4 is 10.6 Å². The van der Waals surface area contributed by atoms with E-state index in [4.69, 9.17) is 6.42 Å². The zero-order valence-electron chi connectivity index (χ0n) is 12.9. The number of carbonyl (C=O) groups excluding carboxylic acids is 1. The fourth-order valence-electron chi connectivity index (χ4n) is 2.38. The van der Waals surface area contributed by atoms with Crippen molar-refractivity contribution in [3.8, 4) is 12.3 Å². The van der Waals surface area contributed by atoms with Crippen LogP contribution in [-0.4, -0.2) is 28.4 Å². The van der Waals surface area contributed by atoms with Gasteiger partial charge in [-0.2, -0.15) is 0 Å². The Labute approximate surface area is 132 Å². The van der Waals surface area contributed by atoms with Crippen LogP contribution in [0.4, 0.5) is 19.0 Å². The Morgan fingerprint density at radius 3 is 2.78 bits per heavy atom. The summed E-state index contributed by atoms with van der Waals surface area (Å²) >= 11 is 0.